The van der Waals surface area contributed by atoms with Crippen molar-refractivity contribution in [3.8, 4) is 0 Å². The second kappa shape index (κ2) is 20.2. The predicted molar refractivity (Wildman–Crippen MR) is 19.2 cm³/mol. The molecule has 0 radical (unpaired) electrons. The quantitative estimate of drug-likeness (QED) is 0.253. The summed E-state index contributed by atoms with van der Waals surface area (Å²) in [6.45, 7) is 1.93. The molecule has 0 rings (SSSR count). The van der Waals surface area contributed by atoms with Gasteiger partial charge < -0.3 is 12.5 Å². The number of aliphatic hydroxyl groups is 1. The summed E-state index contributed by atoms with van der Waals surface area (Å²) in [4.78, 5) is 0. The van der Waals surface area contributed by atoms with E-state index in [4.69, 9.17) is 5.11 Å². The number of rotatable bonds is 0. The zero-order chi connectivity index (χ0) is 2.71. The van der Waals surface area contributed by atoms with E-state index in [1.165, 1.54) is 0 Å². The zero-order valence-electron chi connectivity index (χ0n) is 4.15. The fourth-order valence-corrected chi connectivity index (χ4v) is 0. The summed E-state index contributed by atoms with van der Waals surface area (Å²) in [5.41, 5.74) is 0. The zero-order valence-corrected chi connectivity index (χ0v) is 6.15. The van der Waals surface area contributed by atoms with Gasteiger partial charge in [0.05, 0.1) is 0 Å². The molecule has 0 aromatic rings. The summed E-state index contributed by atoms with van der Waals surface area (Å²) < 4.78 is 0. The van der Waals surface area contributed by atoms with Crippen LogP contribution in [-0.2, 0) is 0 Å². The fraction of sp³-hybridized carbons (Fsp3) is 0.667. The average molecular weight is 84.1 g/mol. The van der Waals surface area contributed by atoms with E-state index in [0.717, 1.165) is 0 Å². The first-order valence-corrected chi connectivity index (χ1v) is 1.02. The second-order valence-electron chi connectivity index (χ2n) is 0.316. The normalized spacial score (nSPS) is 3.60. The Labute approximate surface area is 55.7 Å². The minimum atomic E-state index is 0. The molecule has 0 fully saturated rings. The molecule has 0 heterocycles. The van der Waals surface area contributed by atoms with Crippen molar-refractivity contribution in [3.63, 3.8) is 0 Å². The molecular formula is C3H9NaO. The van der Waals surface area contributed by atoms with Crippen LogP contribution in [0.25, 0.3) is 0 Å². The van der Waals surface area contributed by atoms with E-state index in [1.54, 1.807) is 6.92 Å². The summed E-state index contributed by atoms with van der Waals surface area (Å²) in [6, 6.07) is 0. The van der Waals surface area contributed by atoms with Crippen molar-refractivity contribution in [1.29, 1.82) is 0 Å². The van der Waals surface area contributed by atoms with Gasteiger partial charge in [0.15, 0.2) is 0 Å². The molecule has 28 valence electrons. The molecule has 0 aromatic carbocycles. The molecule has 1 N–H and O–H groups in total. The van der Waals surface area contributed by atoms with Gasteiger partial charge in [0.1, 0.15) is 0 Å². The Morgan fingerprint density at radius 1 is 1.60 bits per heavy atom. The van der Waals surface area contributed by atoms with Crippen molar-refractivity contribution in [2.24, 2.45) is 0 Å². The van der Waals surface area contributed by atoms with Crippen molar-refractivity contribution in [2.75, 3.05) is 6.61 Å². The van der Waals surface area contributed by atoms with E-state index >= 15 is 0 Å². The molecule has 0 amide bonds. The summed E-state index contributed by atoms with van der Waals surface area (Å²) in [5.74, 6) is 0. The largest absolute Gasteiger partial charge is 1.00 e. The molecule has 0 saturated carbocycles. The molecule has 0 saturated heterocycles. The van der Waals surface area contributed by atoms with Gasteiger partial charge >= 0.3 is 29.6 Å². The smallest absolute Gasteiger partial charge is 0.397 e. The SMILES string of the molecule is CCO.[CH3-].[Na+]. The van der Waals surface area contributed by atoms with Crippen LogP contribution in [0.2, 0.25) is 0 Å². The first-order valence-electron chi connectivity index (χ1n) is 1.02. The molecule has 1 nitrogen and oxygen atoms in total. The molecule has 0 aromatic heterocycles. The minimum absolute atomic E-state index is 0. The van der Waals surface area contributed by atoms with Crippen molar-refractivity contribution >= 4 is 0 Å². The maximum Gasteiger partial charge on any atom is 1.00 e. The Kier molecular flexibility index (Phi) is 67.8. The molecule has 2 heteroatoms. The van der Waals surface area contributed by atoms with E-state index in [9.17, 15) is 0 Å². The van der Waals surface area contributed by atoms with E-state index in [-0.39, 0.29) is 43.6 Å². The molecule has 0 atom stereocenters. The van der Waals surface area contributed by atoms with Crippen LogP contribution in [0.1, 0.15) is 6.92 Å². The van der Waals surface area contributed by atoms with Crippen molar-refractivity contribution in [2.45, 2.75) is 6.92 Å². The second-order valence-corrected chi connectivity index (χ2v) is 0.316. The van der Waals surface area contributed by atoms with E-state index in [0.29, 0.717) is 0 Å². The van der Waals surface area contributed by atoms with Crippen molar-refractivity contribution in [1.82, 2.24) is 0 Å². The third-order valence-corrected chi connectivity index (χ3v) is 0. The summed E-state index contributed by atoms with van der Waals surface area (Å²) in [7, 11) is 0. The van der Waals surface area contributed by atoms with Gasteiger partial charge in [-0.15, -0.1) is 0 Å². The molecule has 0 aliphatic carbocycles. The summed E-state index contributed by atoms with van der Waals surface area (Å²) >= 11 is 0. The molecule has 5 heavy (non-hydrogen) atoms. The molecule has 0 aliphatic heterocycles. The van der Waals surface area contributed by atoms with Crippen LogP contribution in [0.15, 0.2) is 0 Å². The maximum absolute atomic E-state index is 7.57. The average Bonchev–Trinajstić information content (AvgIpc) is 0.918. The van der Waals surface area contributed by atoms with E-state index in [2.05, 4.69) is 0 Å². The fourth-order valence-electron chi connectivity index (χ4n) is 0. The van der Waals surface area contributed by atoms with E-state index in [1.807, 2.05) is 0 Å². The van der Waals surface area contributed by atoms with Gasteiger partial charge in [-0.05, 0) is 6.92 Å². The van der Waals surface area contributed by atoms with Gasteiger partial charge in [0, 0.05) is 6.61 Å². The monoisotopic (exact) mass is 84.1 g/mol. The Morgan fingerprint density at radius 3 is 1.60 bits per heavy atom. The van der Waals surface area contributed by atoms with Crippen LogP contribution in [0, 0.1) is 7.43 Å². The molecule has 0 unspecified atom stereocenters. The van der Waals surface area contributed by atoms with Crippen molar-refractivity contribution in [3.05, 3.63) is 7.43 Å². The van der Waals surface area contributed by atoms with Gasteiger partial charge in [-0.3, -0.25) is 0 Å². The molecule has 0 aliphatic rings. The number of hydrogen-bond acceptors (Lipinski definition) is 1. The topological polar surface area (TPSA) is 20.2 Å². The first kappa shape index (κ1) is 16.7. The van der Waals surface area contributed by atoms with Gasteiger partial charge in [-0.25, -0.2) is 0 Å². The standard InChI is InChI=1S/C2H6O.CH3.Na/c1-2-3;;/h3H,2H2,1H3;1H3;/q;-1;+1. The van der Waals surface area contributed by atoms with Crippen LogP contribution >= 0.6 is 0 Å². The predicted octanol–water partition coefficient (Wildman–Crippen LogP) is -2.55. The van der Waals surface area contributed by atoms with Crippen LogP contribution in [-0.4, -0.2) is 11.7 Å². The summed E-state index contributed by atoms with van der Waals surface area (Å²) in [6.07, 6.45) is 0. The van der Waals surface area contributed by atoms with E-state index < -0.39 is 0 Å². The first-order chi connectivity index (χ1) is 1.41. The van der Waals surface area contributed by atoms with Gasteiger partial charge in [-0.1, -0.05) is 0 Å². The Morgan fingerprint density at radius 2 is 1.60 bits per heavy atom. The molecular weight excluding hydrogens is 75.0 g/mol. The van der Waals surface area contributed by atoms with Crippen LogP contribution in [0.3, 0.4) is 0 Å². The minimum Gasteiger partial charge on any atom is -0.397 e. The Balaban J connectivity index is -0.0000000200. The van der Waals surface area contributed by atoms with Gasteiger partial charge in [0.2, 0.25) is 0 Å². The Hall–Kier alpha value is 0.960. The number of aliphatic hydroxyl groups excluding tert-OH is 1. The third-order valence-electron chi connectivity index (χ3n) is 0. The summed E-state index contributed by atoms with van der Waals surface area (Å²) in [5, 5.41) is 7.57. The van der Waals surface area contributed by atoms with Crippen LogP contribution < -0.4 is 29.6 Å². The van der Waals surface area contributed by atoms with Crippen molar-refractivity contribution < 1.29 is 34.7 Å². The maximum atomic E-state index is 7.57. The third kappa shape index (κ3) is 47.2. The van der Waals surface area contributed by atoms with Gasteiger partial charge in [0.25, 0.3) is 0 Å². The number of hydrogen-bond donors (Lipinski definition) is 1. The van der Waals surface area contributed by atoms with Crippen LogP contribution in [0.4, 0.5) is 0 Å². The molecule has 0 bridgehead atoms. The Bertz CT molecular complexity index is 6.85. The molecule has 0 spiro atoms. The van der Waals surface area contributed by atoms with Gasteiger partial charge in [-0.2, -0.15) is 0 Å². The van der Waals surface area contributed by atoms with Crippen LogP contribution in [0.5, 0.6) is 0 Å².